The second-order valence-electron chi connectivity index (χ2n) is 3.92. The van der Waals surface area contributed by atoms with Gasteiger partial charge in [0.25, 0.3) is 0 Å². The Balaban J connectivity index is 2.40. The number of nitrogen functional groups attached to an aromatic ring is 1. The molecule has 0 saturated heterocycles. The molecule has 0 spiro atoms. The van der Waals surface area contributed by atoms with Crippen molar-refractivity contribution in [1.82, 2.24) is 0 Å². The van der Waals surface area contributed by atoms with Gasteiger partial charge in [0.05, 0.1) is 17.1 Å². The Kier molecular flexibility index (Phi) is 3.71. The second-order valence-corrected chi connectivity index (χ2v) is 4.77. The third kappa shape index (κ3) is 3.03. The van der Waals surface area contributed by atoms with E-state index in [0.29, 0.717) is 27.1 Å². The first-order valence-corrected chi connectivity index (χ1v) is 6.18. The van der Waals surface area contributed by atoms with E-state index in [-0.39, 0.29) is 5.82 Å². The number of nitrogens with two attached hydrogens (primary N) is 2. The van der Waals surface area contributed by atoms with Crippen LogP contribution in [0.25, 0.3) is 0 Å². The molecule has 0 saturated carbocycles. The average molecular weight is 324 g/mol. The SMILES string of the molecule is NC(=O)c1ccc(N)c(Nc2cc(F)ccc2Br)c1. The molecule has 2 aromatic rings. The summed E-state index contributed by atoms with van der Waals surface area (Å²) in [5, 5.41) is 2.96. The van der Waals surface area contributed by atoms with Crippen LogP contribution in [-0.2, 0) is 0 Å². The third-order valence-electron chi connectivity index (χ3n) is 2.54. The number of carbonyl (C=O) groups is 1. The van der Waals surface area contributed by atoms with Crippen LogP contribution < -0.4 is 16.8 Å². The zero-order valence-corrected chi connectivity index (χ0v) is 11.4. The summed E-state index contributed by atoms with van der Waals surface area (Å²) in [4.78, 5) is 11.1. The number of anilines is 3. The van der Waals surface area contributed by atoms with Gasteiger partial charge in [0.15, 0.2) is 0 Å². The summed E-state index contributed by atoms with van der Waals surface area (Å²) in [7, 11) is 0. The number of hydrogen-bond acceptors (Lipinski definition) is 3. The molecule has 0 aliphatic heterocycles. The molecule has 0 unspecified atom stereocenters. The van der Waals surface area contributed by atoms with Gasteiger partial charge in [0.1, 0.15) is 5.82 Å². The minimum absolute atomic E-state index is 0.323. The molecule has 0 atom stereocenters. The van der Waals surface area contributed by atoms with Crippen LogP contribution in [0, 0.1) is 5.82 Å². The molecule has 0 aliphatic carbocycles. The highest BCUT2D eigenvalue weighted by atomic mass is 79.9. The Morgan fingerprint density at radius 1 is 1.16 bits per heavy atom. The standard InChI is InChI=1S/C13H11BrFN3O/c14-9-3-2-8(15)6-11(9)18-12-5-7(13(17)19)1-4-10(12)16/h1-6,18H,16H2,(H2,17,19). The van der Waals surface area contributed by atoms with Crippen LogP contribution in [0.15, 0.2) is 40.9 Å². The van der Waals surface area contributed by atoms with Gasteiger partial charge in [-0.05, 0) is 52.3 Å². The highest BCUT2D eigenvalue weighted by Gasteiger charge is 2.08. The van der Waals surface area contributed by atoms with E-state index in [2.05, 4.69) is 21.2 Å². The summed E-state index contributed by atoms with van der Waals surface area (Å²) < 4.78 is 13.9. The lowest BCUT2D eigenvalue weighted by molar-refractivity contribution is 0.100. The Hall–Kier alpha value is -2.08. The molecule has 6 heteroatoms. The molecular formula is C13H11BrFN3O. The molecule has 0 radical (unpaired) electrons. The number of nitrogens with one attached hydrogen (secondary N) is 1. The lowest BCUT2D eigenvalue weighted by Gasteiger charge is -2.12. The van der Waals surface area contributed by atoms with E-state index in [1.54, 1.807) is 12.1 Å². The highest BCUT2D eigenvalue weighted by Crippen LogP contribution is 2.29. The van der Waals surface area contributed by atoms with Gasteiger partial charge < -0.3 is 16.8 Å². The molecular weight excluding hydrogens is 313 g/mol. The first-order chi connectivity index (χ1) is 8.97. The number of halogens is 2. The molecule has 19 heavy (non-hydrogen) atoms. The quantitative estimate of drug-likeness (QED) is 0.759. The monoisotopic (exact) mass is 323 g/mol. The molecule has 4 nitrogen and oxygen atoms in total. The van der Waals surface area contributed by atoms with Crippen molar-refractivity contribution in [1.29, 1.82) is 0 Å². The fraction of sp³-hybridized carbons (Fsp3) is 0. The summed E-state index contributed by atoms with van der Waals surface area (Å²) in [5.41, 5.74) is 12.8. The summed E-state index contributed by atoms with van der Waals surface area (Å²) in [6.07, 6.45) is 0. The molecule has 5 N–H and O–H groups in total. The Morgan fingerprint density at radius 3 is 2.58 bits per heavy atom. The van der Waals surface area contributed by atoms with Gasteiger partial charge in [-0.2, -0.15) is 0 Å². The van der Waals surface area contributed by atoms with E-state index in [1.807, 2.05) is 0 Å². The summed E-state index contributed by atoms with van der Waals surface area (Å²) in [6, 6.07) is 8.85. The molecule has 2 aromatic carbocycles. The van der Waals surface area contributed by atoms with Crippen LogP contribution in [0.3, 0.4) is 0 Å². The van der Waals surface area contributed by atoms with Crippen molar-refractivity contribution >= 4 is 38.9 Å². The van der Waals surface area contributed by atoms with Gasteiger partial charge in [-0.25, -0.2) is 4.39 Å². The van der Waals surface area contributed by atoms with Crippen molar-refractivity contribution < 1.29 is 9.18 Å². The van der Waals surface area contributed by atoms with Gasteiger partial charge >= 0.3 is 0 Å². The fourth-order valence-corrected chi connectivity index (χ4v) is 1.90. The Morgan fingerprint density at radius 2 is 1.89 bits per heavy atom. The number of carbonyl (C=O) groups excluding carboxylic acids is 1. The minimum atomic E-state index is -0.554. The molecule has 1 amide bonds. The first-order valence-electron chi connectivity index (χ1n) is 5.39. The summed E-state index contributed by atoms with van der Waals surface area (Å²) in [6.45, 7) is 0. The molecule has 0 heterocycles. The number of primary amides is 1. The first kappa shape index (κ1) is 13.4. The molecule has 2 rings (SSSR count). The lowest BCUT2D eigenvalue weighted by atomic mass is 10.1. The van der Waals surface area contributed by atoms with Gasteiger partial charge in [-0.15, -0.1) is 0 Å². The van der Waals surface area contributed by atoms with E-state index >= 15 is 0 Å². The van der Waals surface area contributed by atoms with Crippen LogP contribution in [0.4, 0.5) is 21.5 Å². The Labute approximate surface area is 117 Å². The highest BCUT2D eigenvalue weighted by molar-refractivity contribution is 9.10. The van der Waals surface area contributed by atoms with Crippen LogP contribution in [0.1, 0.15) is 10.4 Å². The van der Waals surface area contributed by atoms with Crippen molar-refractivity contribution in [2.45, 2.75) is 0 Å². The number of hydrogen-bond donors (Lipinski definition) is 3. The van der Waals surface area contributed by atoms with Gasteiger partial charge in [0, 0.05) is 10.0 Å². The number of amides is 1. The maximum atomic E-state index is 13.2. The molecule has 0 bridgehead atoms. The predicted octanol–water partition coefficient (Wildman–Crippen LogP) is 3.01. The molecule has 0 fully saturated rings. The summed E-state index contributed by atoms with van der Waals surface area (Å²) >= 11 is 3.30. The lowest BCUT2D eigenvalue weighted by Crippen LogP contribution is -2.11. The van der Waals surface area contributed by atoms with Gasteiger partial charge in [-0.3, -0.25) is 4.79 Å². The Bertz CT molecular complexity index is 646. The van der Waals surface area contributed by atoms with Crippen LogP contribution in [-0.4, -0.2) is 5.91 Å². The predicted molar refractivity (Wildman–Crippen MR) is 76.8 cm³/mol. The maximum absolute atomic E-state index is 13.2. The topological polar surface area (TPSA) is 81.1 Å². The van der Waals surface area contributed by atoms with E-state index < -0.39 is 5.91 Å². The largest absolute Gasteiger partial charge is 0.397 e. The van der Waals surface area contributed by atoms with Gasteiger partial charge in [0.2, 0.25) is 5.91 Å². The van der Waals surface area contributed by atoms with Crippen molar-refractivity contribution in [2.24, 2.45) is 5.73 Å². The van der Waals surface area contributed by atoms with Crippen molar-refractivity contribution in [2.75, 3.05) is 11.1 Å². The zero-order chi connectivity index (χ0) is 14.0. The van der Waals surface area contributed by atoms with Crippen molar-refractivity contribution in [3.8, 4) is 0 Å². The maximum Gasteiger partial charge on any atom is 0.248 e. The van der Waals surface area contributed by atoms with E-state index in [1.165, 1.54) is 24.3 Å². The number of rotatable bonds is 3. The fourth-order valence-electron chi connectivity index (χ4n) is 1.56. The van der Waals surface area contributed by atoms with Gasteiger partial charge in [-0.1, -0.05) is 0 Å². The van der Waals surface area contributed by atoms with E-state index in [0.717, 1.165) is 0 Å². The zero-order valence-electron chi connectivity index (χ0n) is 9.78. The van der Waals surface area contributed by atoms with Crippen LogP contribution >= 0.6 is 15.9 Å². The molecule has 98 valence electrons. The average Bonchev–Trinajstić information content (AvgIpc) is 2.36. The van der Waals surface area contributed by atoms with Crippen LogP contribution in [0.5, 0.6) is 0 Å². The smallest absolute Gasteiger partial charge is 0.248 e. The van der Waals surface area contributed by atoms with Crippen molar-refractivity contribution in [3.05, 3.63) is 52.3 Å². The normalized spacial score (nSPS) is 10.2. The third-order valence-corrected chi connectivity index (χ3v) is 3.23. The van der Waals surface area contributed by atoms with Crippen molar-refractivity contribution in [3.63, 3.8) is 0 Å². The summed E-state index contributed by atoms with van der Waals surface area (Å²) in [5.74, 6) is -0.934. The number of benzene rings is 2. The van der Waals surface area contributed by atoms with E-state index in [9.17, 15) is 9.18 Å². The molecule has 0 aromatic heterocycles. The second kappa shape index (κ2) is 5.27. The van der Waals surface area contributed by atoms with E-state index in [4.69, 9.17) is 11.5 Å². The molecule has 0 aliphatic rings. The van der Waals surface area contributed by atoms with Crippen LogP contribution in [0.2, 0.25) is 0 Å². The minimum Gasteiger partial charge on any atom is -0.397 e.